The van der Waals surface area contributed by atoms with Gasteiger partial charge in [0.05, 0.1) is 15.6 Å². The van der Waals surface area contributed by atoms with Gasteiger partial charge in [-0.2, -0.15) is 0 Å². The molecule has 0 amide bonds. The first-order valence-electron chi connectivity index (χ1n) is 6.99. The van der Waals surface area contributed by atoms with Crippen LogP contribution >= 0.6 is 23.2 Å². The first-order chi connectivity index (χ1) is 12.2. The van der Waals surface area contributed by atoms with Crippen molar-refractivity contribution in [1.29, 1.82) is 0 Å². The Morgan fingerprint density at radius 1 is 1.04 bits per heavy atom. The zero-order valence-electron chi connectivity index (χ0n) is 12.8. The predicted molar refractivity (Wildman–Crippen MR) is 87.0 cm³/mol. The van der Waals surface area contributed by atoms with Crippen molar-refractivity contribution in [1.82, 2.24) is 0 Å². The third-order valence-electron chi connectivity index (χ3n) is 2.87. The van der Waals surface area contributed by atoms with Crippen LogP contribution in [0.15, 0.2) is 36.4 Å². The summed E-state index contributed by atoms with van der Waals surface area (Å²) < 4.78 is 50.1. The van der Waals surface area contributed by atoms with Crippen LogP contribution < -0.4 is 9.47 Å². The van der Waals surface area contributed by atoms with Gasteiger partial charge in [0.15, 0.2) is 5.75 Å². The second-order valence-corrected chi connectivity index (χ2v) is 5.61. The van der Waals surface area contributed by atoms with Crippen molar-refractivity contribution in [3.8, 4) is 17.2 Å². The van der Waals surface area contributed by atoms with E-state index >= 15 is 0 Å². The molecule has 1 N–H and O–H groups in total. The smallest absolute Gasteiger partial charge is 0.508 e. The quantitative estimate of drug-likeness (QED) is 0.545. The molecule has 0 aliphatic carbocycles. The number of aromatic hydroxyl groups is 1. The molecule has 5 nitrogen and oxygen atoms in total. The summed E-state index contributed by atoms with van der Waals surface area (Å²) in [6.07, 6.45) is -4.81. The van der Waals surface area contributed by atoms with Crippen LogP contribution in [0, 0.1) is 0 Å². The number of phenols is 1. The Kier molecular flexibility index (Phi) is 6.44. The lowest BCUT2D eigenvalue weighted by molar-refractivity contribution is -0.274. The summed E-state index contributed by atoms with van der Waals surface area (Å²) in [7, 11) is 0. The number of phenolic OH excluding ortho intramolecular Hbond substituents is 1. The summed E-state index contributed by atoms with van der Waals surface area (Å²) in [6, 6.07) is 6.74. The number of ether oxygens (including phenoxy) is 3. The molecule has 0 unspecified atom stereocenters. The molecule has 0 aliphatic heterocycles. The lowest BCUT2D eigenvalue weighted by atomic mass is 10.2. The van der Waals surface area contributed by atoms with Gasteiger partial charge in [0.2, 0.25) is 0 Å². The number of carbonyl (C=O) groups is 1. The molecule has 0 radical (unpaired) electrons. The van der Waals surface area contributed by atoms with E-state index in [0.29, 0.717) is 0 Å². The van der Waals surface area contributed by atoms with Crippen molar-refractivity contribution in [3.05, 3.63) is 52.0 Å². The zero-order valence-corrected chi connectivity index (χ0v) is 14.4. The number of esters is 1. The maximum Gasteiger partial charge on any atom is 0.573 e. The Bertz CT molecular complexity index is 755. The molecule has 0 aliphatic rings. The van der Waals surface area contributed by atoms with Crippen LogP contribution in [0.1, 0.15) is 10.4 Å². The van der Waals surface area contributed by atoms with Crippen LogP contribution in [0.2, 0.25) is 10.0 Å². The highest BCUT2D eigenvalue weighted by atomic mass is 35.5. The van der Waals surface area contributed by atoms with Gasteiger partial charge in [0, 0.05) is 12.1 Å². The highest BCUT2D eigenvalue weighted by molar-refractivity contribution is 6.37. The average Bonchev–Trinajstić information content (AvgIpc) is 2.52. The topological polar surface area (TPSA) is 65.0 Å². The largest absolute Gasteiger partial charge is 0.573 e. The minimum atomic E-state index is -4.81. The first-order valence-corrected chi connectivity index (χ1v) is 7.75. The summed E-state index contributed by atoms with van der Waals surface area (Å²) >= 11 is 11.7. The molecule has 26 heavy (non-hydrogen) atoms. The van der Waals surface area contributed by atoms with E-state index in [0.717, 1.165) is 24.3 Å². The summed E-state index contributed by atoms with van der Waals surface area (Å²) in [5.41, 5.74) is 0.0419. The van der Waals surface area contributed by atoms with Crippen molar-refractivity contribution in [2.24, 2.45) is 0 Å². The number of carbonyl (C=O) groups excluding carboxylic acids is 1. The van der Waals surface area contributed by atoms with Crippen molar-refractivity contribution in [2.75, 3.05) is 13.2 Å². The van der Waals surface area contributed by atoms with Crippen molar-refractivity contribution < 1.29 is 37.3 Å². The highest BCUT2D eigenvalue weighted by Gasteiger charge is 2.31. The summed E-state index contributed by atoms with van der Waals surface area (Å²) in [5, 5.41) is 9.48. The molecule has 0 saturated heterocycles. The Hall–Kier alpha value is -2.32. The summed E-state index contributed by atoms with van der Waals surface area (Å²) in [4.78, 5) is 11.8. The van der Waals surface area contributed by atoms with Gasteiger partial charge in [-0.1, -0.05) is 23.2 Å². The third-order valence-corrected chi connectivity index (χ3v) is 3.43. The van der Waals surface area contributed by atoms with Gasteiger partial charge < -0.3 is 19.3 Å². The van der Waals surface area contributed by atoms with Gasteiger partial charge in [-0.25, -0.2) is 4.79 Å². The van der Waals surface area contributed by atoms with E-state index in [1.165, 1.54) is 12.1 Å². The average molecular weight is 411 g/mol. The lowest BCUT2D eigenvalue weighted by Crippen LogP contribution is -2.17. The Morgan fingerprint density at radius 2 is 1.62 bits per heavy atom. The molecular formula is C16H11Cl2F3O5. The number of halogens is 5. The number of alkyl halides is 3. The molecule has 0 fully saturated rings. The van der Waals surface area contributed by atoms with E-state index in [-0.39, 0.29) is 40.3 Å². The maximum atomic E-state index is 12.1. The van der Waals surface area contributed by atoms with Gasteiger partial charge in [-0.3, -0.25) is 0 Å². The minimum Gasteiger partial charge on any atom is -0.508 e. The molecule has 140 valence electrons. The van der Waals surface area contributed by atoms with Crippen LogP contribution in [0.5, 0.6) is 17.2 Å². The molecule has 0 saturated carbocycles. The molecule has 10 heteroatoms. The number of rotatable bonds is 6. The van der Waals surface area contributed by atoms with Crippen molar-refractivity contribution >= 4 is 29.2 Å². The molecule has 2 aromatic carbocycles. The molecule has 2 aromatic rings. The number of hydrogen-bond acceptors (Lipinski definition) is 5. The minimum absolute atomic E-state index is 0.0419. The highest BCUT2D eigenvalue weighted by Crippen LogP contribution is 2.36. The monoisotopic (exact) mass is 410 g/mol. The fraction of sp³-hybridized carbons (Fsp3) is 0.188. The molecule has 2 rings (SSSR count). The van der Waals surface area contributed by atoms with E-state index in [1.54, 1.807) is 0 Å². The van der Waals surface area contributed by atoms with Gasteiger partial charge in [-0.05, 0) is 24.3 Å². The number of benzene rings is 2. The van der Waals surface area contributed by atoms with Crippen LogP contribution in [0.25, 0.3) is 0 Å². The van der Waals surface area contributed by atoms with Crippen LogP contribution in [0.4, 0.5) is 13.2 Å². The van der Waals surface area contributed by atoms with E-state index in [9.17, 15) is 23.1 Å². The third kappa shape index (κ3) is 5.89. The normalized spacial score (nSPS) is 11.1. The second-order valence-electron chi connectivity index (χ2n) is 4.80. The van der Waals surface area contributed by atoms with Gasteiger partial charge in [0.25, 0.3) is 0 Å². The summed E-state index contributed by atoms with van der Waals surface area (Å²) in [6.45, 7) is -0.238. The SMILES string of the molecule is O=C(OCCOc1c(Cl)cc(O)cc1Cl)c1ccc(OC(F)(F)F)cc1. The summed E-state index contributed by atoms with van der Waals surface area (Å²) in [5.74, 6) is -1.21. The second kappa shape index (κ2) is 8.37. The van der Waals surface area contributed by atoms with Gasteiger partial charge in [-0.15, -0.1) is 13.2 Å². The van der Waals surface area contributed by atoms with Crippen LogP contribution in [-0.2, 0) is 4.74 Å². The molecule has 0 spiro atoms. The Balaban J connectivity index is 1.84. The van der Waals surface area contributed by atoms with E-state index in [2.05, 4.69) is 4.74 Å². The van der Waals surface area contributed by atoms with E-state index in [1.807, 2.05) is 0 Å². The van der Waals surface area contributed by atoms with E-state index < -0.39 is 18.1 Å². The van der Waals surface area contributed by atoms with Gasteiger partial charge >= 0.3 is 12.3 Å². The zero-order chi connectivity index (χ0) is 19.3. The molecule has 0 atom stereocenters. The molecular weight excluding hydrogens is 400 g/mol. The van der Waals surface area contributed by atoms with E-state index in [4.69, 9.17) is 32.7 Å². The van der Waals surface area contributed by atoms with Gasteiger partial charge in [0.1, 0.15) is 24.7 Å². The fourth-order valence-electron chi connectivity index (χ4n) is 1.84. The standard InChI is InChI=1S/C16H11Cl2F3O5/c17-12-7-10(22)8-13(18)14(12)24-5-6-25-15(23)9-1-3-11(4-2-9)26-16(19,20)21/h1-4,7-8,22H,5-6H2. The Labute approximate surface area is 155 Å². The maximum absolute atomic E-state index is 12.1. The van der Waals surface area contributed by atoms with Crippen molar-refractivity contribution in [3.63, 3.8) is 0 Å². The first kappa shape index (κ1) is 20.0. The fourth-order valence-corrected chi connectivity index (χ4v) is 2.42. The molecule has 0 bridgehead atoms. The predicted octanol–water partition coefficient (Wildman–Crippen LogP) is 4.83. The lowest BCUT2D eigenvalue weighted by Gasteiger charge is -2.11. The molecule has 0 heterocycles. The molecule has 0 aromatic heterocycles. The van der Waals surface area contributed by atoms with Crippen LogP contribution in [-0.4, -0.2) is 30.7 Å². The Morgan fingerprint density at radius 3 is 2.15 bits per heavy atom. The number of hydrogen-bond donors (Lipinski definition) is 1. The van der Waals surface area contributed by atoms with Crippen LogP contribution in [0.3, 0.4) is 0 Å². The van der Waals surface area contributed by atoms with Crippen molar-refractivity contribution in [2.45, 2.75) is 6.36 Å².